The van der Waals surface area contributed by atoms with E-state index in [9.17, 15) is 9.59 Å². The molecule has 6 nitrogen and oxygen atoms in total. The summed E-state index contributed by atoms with van der Waals surface area (Å²) in [5.74, 6) is 0.966. The van der Waals surface area contributed by atoms with Crippen molar-refractivity contribution in [2.24, 2.45) is 0 Å². The Balaban J connectivity index is 1.29. The van der Waals surface area contributed by atoms with Crippen molar-refractivity contribution in [3.05, 3.63) is 71.1 Å². The molecule has 0 aliphatic carbocycles. The number of Topliss-reactive ketones (excluding diaryl/α,β-unsaturated/α-hetero) is 1. The van der Waals surface area contributed by atoms with Crippen LogP contribution in [0.3, 0.4) is 0 Å². The molecule has 0 radical (unpaired) electrons. The van der Waals surface area contributed by atoms with Crippen molar-refractivity contribution in [1.29, 1.82) is 0 Å². The zero-order valence-corrected chi connectivity index (χ0v) is 15.8. The largest absolute Gasteiger partial charge is 0.341 e. The number of benzene rings is 2. The van der Waals surface area contributed by atoms with Crippen LogP contribution in [0.25, 0.3) is 11.4 Å². The van der Waals surface area contributed by atoms with Crippen molar-refractivity contribution in [2.75, 3.05) is 13.1 Å². The summed E-state index contributed by atoms with van der Waals surface area (Å²) in [4.78, 5) is 30.5. The Morgan fingerprint density at radius 2 is 1.86 bits per heavy atom. The predicted octanol–water partition coefficient (Wildman–Crippen LogP) is 3.98. The Morgan fingerprint density at radius 1 is 1.07 bits per heavy atom. The molecule has 142 valence electrons. The van der Waals surface area contributed by atoms with Gasteiger partial charge in [0.2, 0.25) is 17.6 Å². The van der Waals surface area contributed by atoms with E-state index in [4.69, 9.17) is 16.1 Å². The molecule has 4 rings (SSSR count). The highest BCUT2D eigenvalue weighted by Crippen LogP contribution is 2.29. The van der Waals surface area contributed by atoms with Gasteiger partial charge < -0.3 is 9.42 Å². The maximum atomic E-state index is 12.3. The first kappa shape index (κ1) is 18.4. The summed E-state index contributed by atoms with van der Waals surface area (Å²) in [6.45, 7) is 1.05. The van der Waals surface area contributed by atoms with Gasteiger partial charge in [0.1, 0.15) is 0 Å². The Labute approximate surface area is 167 Å². The summed E-state index contributed by atoms with van der Waals surface area (Å²) in [6, 6.07) is 16.3. The number of carbonyl (C=O) groups is 2. The minimum Gasteiger partial charge on any atom is -0.341 e. The van der Waals surface area contributed by atoms with Crippen LogP contribution in [0, 0.1) is 0 Å². The number of carbonyl (C=O) groups excluding carboxylic acids is 2. The van der Waals surface area contributed by atoms with Crippen molar-refractivity contribution in [2.45, 2.75) is 18.8 Å². The predicted molar refractivity (Wildman–Crippen MR) is 104 cm³/mol. The summed E-state index contributed by atoms with van der Waals surface area (Å²) in [6.07, 6.45) is 0.418. The first-order chi connectivity index (χ1) is 13.6. The number of hydrogen-bond donors (Lipinski definition) is 0. The lowest BCUT2D eigenvalue weighted by atomic mass is 9.98. The molecule has 1 aliphatic heterocycles. The van der Waals surface area contributed by atoms with Crippen LogP contribution in [0.15, 0.2) is 59.1 Å². The fraction of sp³-hybridized carbons (Fsp3) is 0.238. The molecule has 3 aromatic rings. The molecule has 0 atom stereocenters. The summed E-state index contributed by atoms with van der Waals surface area (Å²) < 4.78 is 5.35. The van der Waals surface area contributed by atoms with Crippen LogP contribution in [0.5, 0.6) is 0 Å². The third kappa shape index (κ3) is 3.97. The Morgan fingerprint density at radius 3 is 2.61 bits per heavy atom. The smallest absolute Gasteiger partial charge is 0.233 e. The van der Waals surface area contributed by atoms with Crippen LogP contribution in [0.1, 0.15) is 35.0 Å². The molecule has 1 aromatic heterocycles. The maximum Gasteiger partial charge on any atom is 0.233 e. The van der Waals surface area contributed by atoms with Crippen LogP contribution in [-0.4, -0.2) is 39.8 Å². The third-order valence-electron chi connectivity index (χ3n) is 4.77. The van der Waals surface area contributed by atoms with Gasteiger partial charge in [0.05, 0.1) is 5.92 Å². The van der Waals surface area contributed by atoms with Crippen molar-refractivity contribution >= 4 is 23.3 Å². The molecule has 1 fully saturated rings. The molecule has 1 saturated heterocycles. The van der Waals surface area contributed by atoms with Crippen LogP contribution < -0.4 is 0 Å². The number of rotatable bonds is 6. The van der Waals surface area contributed by atoms with Crippen molar-refractivity contribution in [1.82, 2.24) is 15.0 Å². The van der Waals surface area contributed by atoms with Gasteiger partial charge in [-0.3, -0.25) is 9.59 Å². The van der Waals surface area contributed by atoms with E-state index in [2.05, 4.69) is 10.1 Å². The van der Waals surface area contributed by atoms with E-state index in [0.717, 1.165) is 5.56 Å². The third-order valence-corrected chi connectivity index (χ3v) is 5.00. The molecular weight excluding hydrogens is 378 g/mol. The number of likely N-dealkylation sites (tertiary alicyclic amines) is 1. The summed E-state index contributed by atoms with van der Waals surface area (Å²) in [5.41, 5.74) is 1.42. The normalized spacial score (nSPS) is 14.0. The molecule has 1 aliphatic rings. The van der Waals surface area contributed by atoms with Gasteiger partial charge in [-0.25, -0.2) is 0 Å². The van der Waals surface area contributed by atoms with E-state index in [1.165, 1.54) is 0 Å². The fourth-order valence-electron chi connectivity index (χ4n) is 3.13. The molecule has 0 unspecified atom stereocenters. The van der Waals surface area contributed by atoms with Gasteiger partial charge in [0.25, 0.3) is 0 Å². The molecule has 0 bridgehead atoms. The number of aromatic nitrogens is 2. The number of halogens is 1. The van der Waals surface area contributed by atoms with Gasteiger partial charge in [-0.15, -0.1) is 0 Å². The maximum absolute atomic E-state index is 12.3. The molecule has 1 amide bonds. The zero-order chi connectivity index (χ0) is 19.5. The van der Waals surface area contributed by atoms with Crippen molar-refractivity contribution < 1.29 is 14.1 Å². The molecule has 0 saturated carbocycles. The molecule has 0 spiro atoms. The van der Waals surface area contributed by atoms with E-state index in [1.807, 2.05) is 30.3 Å². The van der Waals surface area contributed by atoms with Gasteiger partial charge in [0.15, 0.2) is 5.78 Å². The Hall–Kier alpha value is -2.99. The highest BCUT2D eigenvalue weighted by Gasteiger charge is 2.35. The van der Waals surface area contributed by atoms with Gasteiger partial charge in [-0.2, -0.15) is 4.98 Å². The number of amides is 1. The SMILES string of the molecule is O=C(CCC(=O)N1CC(c2nc(-c3cccc(Cl)c3)no2)C1)c1ccccc1. The molecule has 0 N–H and O–H groups in total. The first-order valence-corrected chi connectivity index (χ1v) is 9.43. The molecule has 28 heavy (non-hydrogen) atoms. The molecule has 2 aromatic carbocycles. The van der Waals surface area contributed by atoms with Crippen LogP contribution in [0.2, 0.25) is 5.02 Å². The average molecular weight is 396 g/mol. The van der Waals surface area contributed by atoms with E-state index in [0.29, 0.717) is 35.4 Å². The van der Waals surface area contributed by atoms with E-state index < -0.39 is 0 Å². The summed E-state index contributed by atoms with van der Waals surface area (Å²) >= 11 is 5.99. The number of nitrogens with zero attached hydrogens (tertiary/aromatic N) is 3. The second kappa shape index (κ2) is 7.94. The van der Waals surface area contributed by atoms with Crippen LogP contribution >= 0.6 is 11.6 Å². The van der Waals surface area contributed by atoms with Gasteiger partial charge in [-0.05, 0) is 12.1 Å². The topological polar surface area (TPSA) is 76.3 Å². The minimum absolute atomic E-state index is 0.0194. The van der Waals surface area contributed by atoms with Crippen LogP contribution in [-0.2, 0) is 4.79 Å². The molecular formula is C21H18ClN3O3. The lowest BCUT2D eigenvalue weighted by molar-refractivity contribution is -0.135. The highest BCUT2D eigenvalue weighted by molar-refractivity contribution is 6.30. The van der Waals surface area contributed by atoms with Gasteiger partial charge >= 0.3 is 0 Å². The lowest BCUT2D eigenvalue weighted by Gasteiger charge is -2.37. The number of ketones is 1. The van der Waals surface area contributed by atoms with Gasteiger partial charge in [0, 0.05) is 42.1 Å². The quantitative estimate of drug-likeness (QED) is 0.590. The number of hydrogen-bond acceptors (Lipinski definition) is 5. The second-order valence-corrected chi connectivity index (χ2v) is 7.19. The monoisotopic (exact) mass is 395 g/mol. The first-order valence-electron chi connectivity index (χ1n) is 9.06. The summed E-state index contributed by atoms with van der Waals surface area (Å²) in [5, 5.41) is 4.61. The average Bonchev–Trinajstić information content (AvgIpc) is 3.15. The minimum atomic E-state index is -0.0323. The van der Waals surface area contributed by atoms with Crippen LogP contribution in [0.4, 0.5) is 0 Å². The lowest BCUT2D eigenvalue weighted by Crippen LogP contribution is -2.48. The Bertz CT molecular complexity index is 997. The summed E-state index contributed by atoms with van der Waals surface area (Å²) in [7, 11) is 0. The van der Waals surface area contributed by atoms with Gasteiger partial charge in [-0.1, -0.05) is 59.2 Å². The highest BCUT2D eigenvalue weighted by atomic mass is 35.5. The van der Waals surface area contributed by atoms with Crippen molar-refractivity contribution in [3.63, 3.8) is 0 Å². The zero-order valence-electron chi connectivity index (χ0n) is 15.0. The van der Waals surface area contributed by atoms with E-state index >= 15 is 0 Å². The fourth-order valence-corrected chi connectivity index (χ4v) is 3.32. The van der Waals surface area contributed by atoms with E-state index in [1.54, 1.807) is 29.2 Å². The second-order valence-electron chi connectivity index (χ2n) is 6.75. The van der Waals surface area contributed by atoms with E-state index in [-0.39, 0.29) is 30.4 Å². The molecule has 2 heterocycles. The Kier molecular flexibility index (Phi) is 5.21. The standard InChI is InChI=1S/C21H18ClN3O3/c22-17-8-4-7-15(11-17)20-23-21(28-24-20)16-12-25(13-16)19(27)10-9-18(26)14-5-2-1-3-6-14/h1-8,11,16H,9-10,12-13H2. The molecule has 7 heteroatoms. The van der Waals surface area contributed by atoms with Crippen molar-refractivity contribution in [3.8, 4) is 11.4 Å².